The quantitative estimate of drug-likeness (QED) is 0.703. The van der Waals surface area contributed by atoms with Crippen molar-refractivity contribution in [1.29, 1.82) is 0 Å². The molecule has 0 unspecified atom stereocenters. The van der Waals surface area contributed by atoms with Gasteiger partial charge < -0.3 is 17.7 Å². The summed E-state index contributed by atoms with van der Waals surface area (Å²) in [5.74, 6) is 2.83. The largest absolute Gasteiger partial charge is 0.678 e. The SMILES string of the molecule is CO[Si](OC)(OC)OCC12CC3CC(CC(C3)C1)C2. The molecule has 0 radical (unpaired) electrons. The minimum absolute atomic E-state index is 0.378. The average Bonchev–Trinajstić information content (AvgIpc) is 2.39. The van der Waals surface area contributed by atoms with Gasteiger partial charge in [-0.1, -0.05) is 0 Å². The van der Waals surface area contributed by atoms with E-state index in [0.29, 0.717) is 5.41 Å². The van der Waals surface area contributed by atoms with Crippen molar-refractivity contribution in [2.75, 3.05) is 27.9 Å². The minimum atomic E-state index is -2.87. The molecule has 0 aromatic carbocycles. The maximum atomic E-state index is 6.03. The van der Waals surface area contributed by atoms with Gasteiger partial charge in [0.15, 0.2) is 0 Å². The van der Waals surface area contributed by atoms with Gasteiger partial charge in [0.1, 0.15) is 0 Å². The smallest absolute Gasteiger partial charge is 0.355 e. The zero-order chi connectivity index (χ0) is 13.5. The van der Waals surface area contributed by atoms with Crippen LogP contribution in [0.25, 0.3) is 0 Å². The molecule has 4 fully saturated rings. The minimum Gasteiger partial charge on any atom is -0.355 e. The Balaban J connectivity index is 1.66. The summed E-state index contributed by atoms with van der Waals surface area (Å²) in [6.07, 6.45) is 8.38. The Morgan fingerprint density at radius 1 is 0.842 bits per heavy atom. The summed E-state index contributed by atoms with van der Waals surface area (Å²) in [6.45, 7) is 0.748. The summed E-state index contributed by atoms with van der Waals surface area (Å²) in [7, 11) is 1.96. The lowest BCUT2D eigenvalue weighted by molar-refractivity contribution is -0.0998. The third-order valence-electron chi connectivity index (χ3n) is 5.47. The average molecular weight is 286 g/mol. The van der Waals surface area contributed by atoms with Crippen LogP contribution in [0.15, 0.2) is 0 Å². The molecule has 0 amide bonds. The molecule has 0 spiro atoms. The zero-order valence-electron chi connectivity index (χ0n) is 12.3. The first-order valence-corrected chi connectivity index (χ1v) is 9.05. The normalized spacial score (nSPS) is 40.9. The monoisotopic (exact) mass is 286 g/mol. The summed E-state index contributed by atoms with van der Waals surface area (Å²) >= 11 is 0. The summed E-state index contributed by atoms with van der Waals surface area (Å²) < 4.78 is 22.2. The maximum Gasteiger partial charge on any atom is 0.678 e. The second-order valence-electron chi connectivity index (χ2n) is 6.82. The van der Waals surface area contributed by atoms with E-state index in [2.05, 4.69) is 0 Å². The topological polar surface area (TPSA) is 36.9 Å². The summed E-state index contributed by atoms with van der Waals surface area (Å²) in [4.78, 5) is 0. The standard InChI is InChI=1S/C14H26O4Si/c1-15-19(16-2,17-3)18-10-14-7-11-4-12(8-14)6-13(5-11)9-14/h11-13H,4-10H2,1-3H3. The Hall–Kier alpha value is 0.0569. The van der Waals surface area contributed by atoms with Gasteiger partial charge in [-0.3, -0.25) is 0 Å². The van der Waals surface area contributed by atoms with Crippen LogP contribution in [0.4, 0.5) is 0 Å². The predicted molar refractivity (Wildman–Crippen MR) is 73.3 cm³/mol. The van der Waals surface area contributed by atoms with E-state index in [9.17, 15) is 0 Å². The number of hydrogen-bond donors (Lipinski definition) is 0. The van der Waals surface area contributed by atoms with Gasteiger partial charge in [0.05, 0.1) is 0 Å². The Morgan fingerprint density at radius 2 is 1.26 bits per heavy atom. The fraction of sp³-hybridized carbons (Fsp3) is 1.00. The van der Waals surface area contributed by atoms with Crippen molar-refractivity contribution in [3.05, 3.63) is 0 Å². The van der Waals surface area contributed by atoms with E-state index in [1.165, 1.54) is 38.5 Å². The van der Waals surface area contributed by atoms with Crippen molar-refractivity contribution in [3.8, 4) is 0 Å². The van der Waals surface area contributed by atoms with Crippen molar-refractivity contribution in [3.63, 3.8) is 0 Å². The first-order valence-electron chi connectivity index (χ1n) is 7.42. The summed E-state index contributed by atoms with van der Waals surface area (Å²) in [5.41, 5.74) is 0.378. The Labute approximate surface area is 117 Å². The van der Waals surface area contributed by atoms with Gasteiger partial charge in [-0.05, 0) is 61.7 Å². The molecule has 0 heterocycles. The molecule has 4 aliphatic carbocycles. The van der Waals surface area contributed by atoms with Crippen LogP contribution >= 0.6 is 0 Å². The lowest BCUT2D eigenvalue weighted by atomic mass is 9.50. The van der Waals surface area contributed by atoms with Crippen LogP contribution in [-0.2, 0) is 17.7 Å². The third-order valence-corrected chi connectivity index (χ3v) is 7.47. The van der Waals surface area contributed by atoms with E-state index in [1.807, 2.05) is 0 Å². The molecule has 110 valence electrons. The molecule has 0 N–H and O–H groups in total. The Kier molecular flexibility index (Phi) is 3.77. The van der Waals surface area contributed by atoms with Crippen LogP contribution in [0.1, 0.15) is 38.5 Å². The van der Waals surface area contributed by atoms with E-state index in [0.717, 1.165) is 24.4 Å². The molecule has 4 aliphatic rings. The predicted octanol–water partition coefficient (Wildman–Crippen LogP) is 2.59. The van der Waals surface area contributed by atoms with Gasteiger partial charge >= 0.3 is 9.05 Å². The van der Waals surface area contributed by atoms with Crippen molar-refractivity contribution >= 4 is 9.05 Å². The summed E-state index contributed by atoms with van der Waals surface area (Å²) in [6, 6.07) is 0. The van der Waals surface area contributed by atoms with Gasteiger partial charge in [0.2, 0.25) is 0 Å². The molecular weight excluding hydrogens is 260 g/mol. The van der Waals surface area contributed by atoms with E-state index >= 15 is 0 Å². The Morgan fingerprint density at radius 3 is 1.63 bits per heavy atom. The van der Waals surface area contributed by atoms with Crippen LogP contribution in [0, 0.1) is 23.2 Å². The Bertz CT molecular complexity index is 286. The highest BCUT2D eigenvalue weighted by atomic mass is 28.4. The molecule has 0 atom stereocenters. The van der Waals surface area contributed by atoms with Gasteiger partial charge in [-0.2, -0.15) is 0 Å². The number of hydrogen-bond acceptors (Lipinski definition) is 4. The van der Waals surface area contributed by atoms with Gasteiger partial charge in [0, 0.05) is 27.9 Å². The third kappa shape index (κ3) is 2.51. The van der Waals surface area contributed by atoms with Gasteiger partial charge in [-0.15, -0.1) is 0 Å². The van der Waals surface area contributed by atoms with Gasteiger partial charge in [-0.25, -0.2) is 0 Å². The van der Waals surface area contributed by atoms with Crippen LogP contribution in [0.2, 0.25) is 0 Å². The number of rotatable bonds is 6. The van der Waals surface area contributed by atoms with E-state index in [4.69, 9.17) is 17.7 Å². The molecule has 0 aliphatic heterocycles. The second-order valence-corrected chi connectivity index (χ2v) is 9.33. The van der Waals surface area contributed by atoms with Crippen LogP contribution < -0.4 is 0 Å². The fourth-order valence-electron chi connectivity index (χ4n) is 5.14. The molecule has 4 nitrogen and oxygen atoms in total. The molecule has 5 heteroatoms. The second kappa shape index (κ2) is 5.11. The molecule has 4 bridgehead atoms. The maximum absolute atomic E-state index is 6.03. The van der Waals surface area contributed by atoms with Crippen molar-refractivity contribution < 1.29 is 17.7 Å². The lowest BCUT2D eigenvalue weighted by Crippen LogP contribution is -2.53. The highest BCUT2D eigenvalue weighted by Crippen LogP contribution is 2.60. The van der Waals surface area contributed by atoms with Crippen LogP contribution in [0.5, 0.6) is 0 Å². The molecule has 0 aromatic rings. The molecule has 0 saturated heterocycles. The molecule has 19 heavy (non-hydrogen) atoms. The first-order chi connectivity index (χ1) is 9.12. The molecule has 4 saturated carbocycles. The van der Waals surface area contributed by atoms with Crippen LogP contribution in [0.3, 0.4) is 0 Å². The molecular formula is C14H26O4Si. The lowest BCUT2D eigenvalue weighted by Gasteiger charge is -2.57. The van der Waals surface area contributed by atoms with Crippen molar-refractivity contribution in [1.82, 2.24) is 0 Å². The van der Waals surface area contributed by atoms with Crippen molar-refractivity contribution in [2.24, 2.45) is 23.2 Å². The van der Waals surface area contributed by atoms with E-state index in [1.54, 1.807) is 21.3 Å². The zero-order valence-corrected chi connectivity index (χ0v) is 13.3. The molecule has 0 aromatic heterocycles. The fourth-order valence-corrected chi connectivity index (χ4v) is 6.47. The van der Waals surface area contributed by atoms with E-state index in [-0.39, 0.29) is 0 Å². The first kappa shape index (κ1) is 14.0. The highest BCUT2D eigenvalue weighted by molar-refractivity contribution is 6.53. The van der Waals surface area contributed by atoms with Gasteiger partial charge in [0.25, 0.3) is 0 Å². The molecule has 4 rings (SSSR count). The summed E-state index contributed by atoms with van der Waals surface area (Å²) in [5, 5.41) is 0. The van der Waals surface area contributed by atoms with E-state index < -0.39 is 9.05 Å². The van der Waals surface area contributed by atoms with Crippen molar-refractivity contribution in [2.45, 2.75) is 38.5 Å². The van der Waals surface area contributed by atoms with Crippen LogP contribution in [-0.4, -0.2) is 37.0 Å². The highest BCUT2D eigenvalue weighted by Gasteiger charge is 2.53.